The number of rotatable bonds is 7. The number of nitrogens with zero attached hydrogens (tertiary/aromatic N) is 3. The third-order valence-corrected chi connectivity index (χ3v) is 7.19. The molecule has 0 spiro atoms. The molecule has 2 aliphatic rings. The molecule has 5 rings (SSSR count). The number of fused-ring (bicyclic) bond motifs is 1. The molecular formula is C26H35N7O. The largest absolute Gasteiger partial charge is 0.366 e. The van der Waals surface area contributed by atoms with Gasteiger partial charge in [0.2, 0.25) is 0 Å². The van der Waals surface area contributed by atoms with Gasteiger partial charge in [0.1, 0.15) is 5.82 Å². The number of nitrogens with one attached hydrogen (secondary N) is 3. The Morgan fingerprint density at radius 1 is 1.03 bits per heavy atom. The summed E-state index contributed by atoms with van der Waals surface area (Å²) in [6.45, 7) is 0.774. The van der Waals surface area contributed by atoms with Crippen molar-refractivity contribution >= 4 is 28.7 Å². The van der Waals surface area contributed by atoms with Crippen LogP contribution in [0, 0.1) is 5.92 Å². The Morgan fingerprint density at radius 3 is 2.56 bits per heavy atom. The van der Waals surface area contributed by atoms with E-state index in [1.807, 2.05) is 36.5 Å². The van der Waals surface area contributed by atoms with Gasteiger partial charge in [0.25, 0.3) is 5.91 Å². The van der Waals surface area contributed by atoms with Crippen molar-refractivity contribution in [2.45, 2.75) is 69.9 Å². The number of anilines is 3. The quantitative estimate of drug-likeness (QED) is 0.413. The molecule has 8 nitrogen and oxygen atoms in total. The molecule has 0 bridgehead atoms. The molecule has 0 radical (unpaired) electrons. The molecule has 0 aliphatic heterocycles. The highest BCUT2D eigenvalue weighted by molar-refractivity contribution is 5.94. The maximum absolute atomic E-state index is 12.6. The normalized spacial score (nSPS) is 21.3. The van der Waals surface area contributed by atoms with E-state index in [0.717, 1.165) is 55.1 Å². The van der Waals surface area contributed by atoms with E-state index < -0.39 is 0 Å². The summed E-state index contributed by atoms with van der Waals surface area (Å²) < 4.78 is 1.78. The van der Waals surface area contributed by atoms with Crippen LogP contribution in [0.5, 0.6) is 0 Å². The van der Waals surface area contributed by atoms with E-state index in [0.29, 0.717) is 23.6 Å². The van der Waals surface area contributed by atoms with Gasteiger partial charge in [-0.2, -0.15) is 0 Å². The summed E-state index contributed by atoms with van der Waals surface area (Å²) >= 11 is 0. The van der Waals surface area contributed by atoms with Gasteiger partial charge in [-0.25, -0.2) is 9.50 Å². The molecule has 1 amide bonds. The van der Waals surface area contributed by atoms with Gasteiger partial charge in [0.05, 0.1) is 5.69 Å². The third-order valence-electron chi connectivity index (χ3n) is 7.19. The van der Waals surface area contributed by atoms with Gasteiger partial charge < -0.3 is 21.7 Å². The number of carbonyl (C=O) groups is 1. The number of carbonyl (C=O) groups excluding carboxylic acids is 1. The average Bonchev–Trinajstić information content (AvgIpc) is 3.34. The highest BCUT2D eigenvalue weighted by Gasteiger charge is 2.19. The lowest BCUT2D eigenvalue weighted by Crippen LogP contribution is -2.33. The molecule has 180 valence electrons. The minimum absolute atomic E-state index is 0.00429. The van der Waals surface area contributed by atoms with Crippen LogP contribution in [0.25, 0.3) is 5.65 Å². The second-order valence-corrected chi connectivity index (χ2v) is 9.81. The highest BCUT2D eigenvalue weighted by atomic mass is 16.1. The molecule has 2 saturated carbocycles. The number of hydrogen-bond donors (Lipinski definition) is 4. The minimum atomic E-state index is -0.00429. The number of nitrogens with two attached hydrogens (primary N) is 1. The Kier molecular flexibility index (Phi) is 6.94. The zero-order valence-electron chi connectivity index (χ0n) is 19.7. The van der Waals surface area contributed by atoms with Crippen molar-refractivity contribution in [3.05, 3.63) is 48.3 Å². The molecule has 2 aromatic heterocycles. The first-order chi connectivity index (χ1) is 16.6. The molecule has 8 heteroatoms. The molecule has 0 saturated heterocycles. The Balaban J connectivity index is 1.24. The summed E-state index contributed by atoms with van der Waals surface area (Å²) in [5.41, 5.74) is 9.25. The zero-order chi connectivity index (χ0) is 23.3. The summed E-state index contributed by atoms with van der Waals surface area (Å²) in [7, 11) is 0. The average molecular weight is 462 g/mol. The van der Waals surface area contributed by atoms with Crippen LogP contribution >= 0.6 is 0 Å². The maximum Gasteiger partial charge on any atom is 0.251 e. The van der Waals surface area contributed by atoms with Crippen LogP contribution in [0.4, 0.5) is 17.2 Å². The van der Waals surface area contributed by atoms with E-state index in [9.17, 15) is 4.79 Å². The van der Waals surface area contributed by atoms with Crippen molar-refractivity contribution in [2.24, 2.45) is 11.7 Å². The zero-order valence-corrected chi connectivity index (χ0v) is 19.7. The number of benzene rings is 1. The van der Waals surface area contributed by atoms with Crippen molar-refractivity contribution in [3.8, 4) is 0 Å². The van der Waals surface area contributed by atoms with Crippen molar-refractivity contribution in [1.29, 1.82) is 0 Å². The first kappa shape index (κ1) is 22.7. The van der Waals surface area contributed by atoms with Crippen LogP contribution in [-0.4, -0.2) is 39.1 Å². The molecule has 5 N–H and O–H groups in total. The molecule has 2 fully saturated rings. The lowest BCUT2D eigenvalue weighted by atomic mass is 9.89. The van der Waals surface area contributed by atoms with E-state index in [4.69, 9.17) is 5.73 Å². The standard InChI is InChI=1S/C26H35N7O/c27-20-8-12-22(13-9-20)31-24-16-23(25-28-14-15-33(25)32-24)30-21-10-6-19(7-11-21)26(34)29-17-18-4-2-1-3-5-18/h6-7,10-11,14-16,18,20,22,30H,1-5,8-9,12-13,17,27H2,(H,29,34)(H,31,32). The fourth-order valence-corrected chi connectivity index (χ4v) is 5.14. The first-order valence-corrected chi connectivity index (χ1v) is 12.7. The summed E-state index contributed by atoms with van der Waals surface area (Å²) in [5.74, 6) is 1.43. The lowest BCUT2D eigenvalue weighted by Gasteiger charge is -2.27. The fourth-order valence-electron chi connectivity index (χ4n) is 5.14. The summed E-state index contributed by atoms with van der Waals surface area (Å²) in [5, 5.41) is 14.8. The Labute approximate surface area is 200 Å². The van der Waals surface area contributed by atoms with Crippen LogP contribution < -0.4 is 21.7 Å². The summed E-state index contributed by atoms with van der Waals surface area (Å²) in [6, 6.07) is 10.3. The van der Waals surface area contributed by atoms with Gasteiger partial charge in [-0.1, -0.05) is 19.3 Å². The number of amides is 1. The molecule has 2 aliphatic carbocycles. The van der Waals surface area contributed by atoms with Gasteiger partial charge in [-0.15, -0.1) is 5.10 Å². The van der Waals surface area contributed by atoms with E-state index in [1.54, 1.807) is 10.7 Å². The molecule has 3 aromatic rings. The van der Waals surface area contributed by atoms with Crippen LogP contribution in [0.3, 0.4) is 0 Å². The van der Waals surface area contributed by atoms with Crippen LogP contribution in [0.2, 0.25) is 0 Å². The molecule has 1 aromatic carbocycles. The summed E-state index contributed by atoms with van der Waals surface area (Å²) in [6.07, 6.45) is 14.1. The van der Waals surface area contributed by atoms with Gasteiger partial charge in [0, 0.05) is 48.3 Å². The van der Waals surface area contributed by atoms with E-state index in [2.05, 4.69) is 26.0 Å². The third kappa shape index (κ3) is 5.50. The summed E-state index contributed by atoms with van der Waals surface area (Å²) in [4.78, 5) is 17.0. The first-order valence-electron chi connectivity index (χ1n) is 12.7. The van der Waals surface area contributed by atoms with Crippen LogP contribution in [-0.2, 0) is 0 Å². The molecule has 0 unspecified atom stereocenters. The fraction of sp³-hybridized carbons (Fsp3) is 0.500. The number of hydrogen-bond acceptors (Lipinski definition) is 6. The van der Waals surface area contributed by atoms with Crippen molar-refractivity contribution in [2.75, 3.05) is 17.2 Å². The smallest absolute Gasteiger partial charge is 0.251 e. The maximum atomic E-state index is 12.6. The predicted octanol–water partition coefficient (Wildman–Crippen LogP) is 4.46. The van der Waals surface area contributed by atoms with Crippen molar-refractivity contribution in [1.82, 2.24) is 19.9 Å². The molecular weight excluding hydrogens is 426 g/mol. The van der Waals surface area contributed by atoms with Gasteiger partial charge >= 0.3 is 0 Å². The van der Waals surface area contributed by atoms with Crippen molar-refractivity contribution in [3.63, 3.8) is 0 Å². The Morgan fingerprint density at radius 2 is 1.79 bits per heavy atom. The minimum Gasteiger partial charge on any atom is -0.366 e. The lowest BCUT2D eigenvalue weighted by molar-refractivity contribution is 0.0943. The Bertz CT molecular complexity index is 1100. The van der Waals surface area contributed by atoms with Gasteiger partial charge in [-0.05, 0) is 68.7 Å². The van der Waals surface area contributed by atoms with E-state index in [-0.39, 0.29) is 5.91 Å². The molecule has 0 atom stereocenters. The predicted molar refractivity (Wildman–Crippen MR) is 135 cm³/mol. The van der Waals surface area contributed by atoms with Crippen molar-refractivity contribution < 1.29 is 4.79 Å². The second-order valence-electron chi connectivity index (χ2n) is 9.81. The van der Waals surface area contributed by atoms with E-state index >= 15 is 0 Å². The number of aromatic nitrogens is 3. The SMILES string of the molecule is NC1CCC(Nc2cc(Nc3ccc(C(=O)NCC4CCCCC4)cc3)c3nccn3n2)CC1. The van der Waals surface area contributed by atoms with Gasteiger partial charge in [-0.3, -0.25) is 4.79 Å². The highest BCUT2D eigenvalue weighted by Crippen LogP contribution is 2.26. The molecule has 34 heavy (non-hydrogen) atoms. The topological polar surface area (TPSA) is 109 Å². The molecule has 2 heterocycles. The number of imidazole rings is 1. The van der Waals surface area contributed by atoms with E-state index in [1.165, 1.54) is 32.1 Å². The Hall–Kier alpha value is -3.13. The monoisotopic (exact) mass is 461 g/mol. The second kappa shape index (κ2) is 10.4. The van der Waals surface area contributed by atoms with Crippen LogP contribution in [0.1, 0.15) is 68.1 Å². The van der Waals surface area contributed by atoms with Crippen LogP contribution in [0.15, 0.2) is 42.7 Å². The van der Waals surface area contributed by atoms with Gasteiger partial charge in [0.15, 0.2) is 5.65 Å².